The molecular weight excluding hydrogens is 493 g/mol. The number of nitrogens with one attached hydrogen (secondary N) is 1. The topological polar surface area (TPSA) is 31.4 Å². The van der Waals surface area contributed by atoms with E-state index in [0.29, 0.717) is 23.1 Å². The molecule has 0 bridgehead atoms. The molecule has 4 nitrogen and oxygen atoms in total. The third-order valence-corrected chi connectivity index (χ3v) is 9.19. The van der Waals surface area contributed by atoms with E-state index in [4.69, 9.17) is 11.6 Å². The van der Waals surface area contributed by atoms with Gasteiger partial charge in [-0.2, -0.15) is 4.39 Å². The van der Waals surface area contributed by atoms with E-state index in [-0.39, 0.29) is 26.7 Å². The van der Waals surface area contributed by atoms with E-state index in [1.54, 1.807) is 0 Å². The molecule has 0 unspecified atom stereocenters. The lowest BCUT2D eigenvalue weighted by molar-refractivity contribution is -0.0205. The number of pyridine rings is 1. The first-order chi connectivity index (χ1) is 16.5. The number of aromatic nitrogens is 1. The van der Waals surface area contributed by atoms with E-state index in [1.807, 2.05) is 4.90 Å². The monoisotopic (exact) mass is 524 g/mol. The van der Waals surface area contributed by atoms with Crippen molar-refractivity contribution in [2.45, 2.75) is 63.3 Å². The van der Waals surface area contributed by atoms with Crippen LogP contribution in [0.5, 0.6) is 0 Å². The molecule has 3 heterocycles. The summed E-state index contributed by atoms with van der Waals surface area (Å²) in [6.45, 7) is 10.7. The molecule has 9 heteroatoms. The quantitative estimate of drug-likeness (QED) is 0.236. The Labute approximate surface area is 214 Å². The highest BCUT2D eigenvalue weighted by Crippen LogP contribution is 2.52. The molecule has 5 rings (SSSR count). The molecule has 35 heavy (non-hydrogen) atoms. The molecule has 2 aromatic rings. The van der Waals surface area contributed by atoms with Gasteiger partial charge in [0, 0.05) is 36.7 Å². The molecule has 1 aromatic carbocycles. The van der Waals surface area contributed by atoms with E-state index in [0.717, 1.165) is 32.6 Å². The van der Waals surface area contributed by atoms with Crippen molar-refractivity contribution in [1.82, 2.24) is 9.88 Å². The zero-order valence-electron chi connectivity index (χ0n) is 20.4. The van der Waals surface area contributed by atoms with E-state index in [2.05, 4.69) is 35.4 Å². The van der Waals surface area contributed by atoms with Crippen molar-refractivity contribution in [2.75, 3.05) is 35.8 Å². The fourth-order valence-electron chi connectivity index (χ4n) is 6.12. The fraction of sp³-hybridized carbons (Fsp3) is 0.577. The third kappa shape index (κ3) is 4.86. The first-order valence-electron chi connectivity index (χ1n) is 12.2. The van der Waals surface area contributed by atoms with Crippen LogP contribution < -0.4 is 9.62 Å². The molecular formula is C26H32ClF3N4S. The Bertz CT molecular complexity index is 1120. The van der Waals surface area contributed by atoms with Crippen molar-refractivity contribution in [2.24, 2.45) is 10.8 Å². The highest BCUT2D eigenvalue weighted by molar-refractivity contribution is 8.00. The van der Waals surface area contributed by atoms with Gasteiger partial charge in [0.25, 0.3) is 0 Å². The van der Waals surface area contributed by atoms with Gasteiger partial charge in [-0.3, -0.25) is 4.90 Å². The Morgan fingerprint density at radius 1 is 1.09 bits per heavy atom. The van der Waals surface area contributed by atoms with Crippen molar-refractivity contribution >= 4 is 35.1 Å². The second-order valence-corrected chi connectivity index (χ2v) is 12.8. The van der Waals surface area contributed by atoms with E-state index in [9.17, 15) is 8.78 Å². The maximum atomic E-state index is 15.1. The summed E-state index contributed by atoms with van der Waals surface area (Å²) in [4.78, 5) is 8.07. The smallest absolute Gasteiger partial charge is 0.214 e. The number of likely N-dealkylation sites (tertiary alicyclic amines) is 1. The Balaban J connectivity index is 1.26. The van der Waals surface area contributed by atoms with Gasteiger partial charge in [-0.05, 0) is 68.1 Å². The van der Waals surface area contributed by atoms with Gasteiger partial charge >= 0.3 is 0 Å². The molecule has 0 spiro atoms. The number of rotatable bonds is 7. The second-order valence-electron chi connectivity index (χ2n) is 11.6. The summed E-state index contributed by atoms with van der Waals surface area (Å²) in [7, 11) is 0. The summed E-state index contributed by atoms with van der Waals surface area (Å²) in [5, 5.41) is -0.0930. The van der Waals surface area contributed by atoms with Crippen LogP contribution in [0.3, 0.4) is 0 Å². The molecule has 2 saturated heterocycles. The SMILES string of the molecule is CC1(C)CCN(C2(CC3(C)CN(c4cc(F)c(SNc5cccc(F)n5)c(F)c4Cl)C3)CCC2)C1. The molecule has 0 radical (unpaired) electrons. The van der Waals surface area contributed by atoms with Crippen molar-refractivity contribution in [3.05, 3.63) is 46.9 Å². The van der Waals surface area contributed by atoms with Gasteiger partial charge in [-0.15, -0.1) is 0 Å². The van der Waals surface area contributed by atoms with Gasteiger partial charge < -0.3 is 9.62 Å². The third-order valence-electron chi connectivity index (χ3n) is 7.94. The Kier molecular flexibility index (Phi) is 6.46. The van der Waals surface area contributed by atoms with Crippen LogP contribution in [0.15, 0.2) is 29.2 Å². The molecule has 1 saturated carbocycles. The van der Waals surface area contributed by atoms with Gasteiger partial charge in [0.1, 0.15) is 21.6 Å². The van der Waals surface area contributed by atoms with E-state index < -0.39 is 17.6 Å². The predicted molar refractivity (Wildman–Crippen MR) is 137 cm³/mol. The van der Waals surface area contributed by atoms with Crippen molar-refractivity contribution in [3.8, 4) is 0 Å². The van der Waals surface area contributed by atoms with Crippen LogP contribution >= 0.6 is 23.5 Å². The normalized spacial score (nSPS) is 22.5. The number of hydrogen-bond donors (Lipinski definition) is 1. The summed E-state index contributed by atoms with van der Waals surface area (Å²) < 4.78 is 45.9. The van der Waals surface area contributed by atoms with Crippen molar-refractivity contribution < 1.29 is 13.2 Å². The standard InChI is InChI=1S/C26H32ClF3N4S/c1-24(2)10-11-34(14-24)26(8-5-9-26)13-25(3)15-33(16-25)18-12-17(28)23(22(30)21(18)27)35-32-20-7-4-6-19(29)31-20/h4,6-7,12H,5,8-11,13-16H2,1-3H3,(H,31,32). The van der Waals surface area contributed by atoms with Crippen LogP contribution in [0.4, 0.5) is 24.7 Å². The zero-order chi connectivity index (χ0) is 25.0. The first kappa shape index (κ1) is 25.0. The minimum atomic E-state index is -0.820. The minimum absolute atomic E-state index is 0.0848. The average molecular weight is 525 g/mol. The summed E-state index contributed by atoms with van der Waals surface area (Å²) in [6.07, 6.45) is 6.09. The lowest BCUT2D eigenvalue weighted by Gasteiger charge is -2.58. The van der Waals surface area contributed by atoms with E-state index in [1.165, 1.54) is 49.9 Å². The lowest BCUT2D eigenvalue weighted by Crippen LogP contribution is -2.63. The Morgan fingerprint density at radius 2 is 1.83 bits per heavy atom. The van der Waals surface area contributed by atoms with Crippen LogP contribution in [0.25, 0.3) is 0 Å². The summed E-state index contributed by atoms with van der Waals surface area (Å²) in [5.74, 6) is -2.04. The minimum Gasteiger partial charge on any atom is -0.369 e. The maximum absolute atomic E-state index is 15.1. The maximum Gasteiger partial charge on any atom is 0.214 e. The van der Waals surface area contributed by atoms with Gasteiger partial charge in [-0.1, -0.05) is 38.4 Å². The first-order valence-corrected chi connectivity index (χ1v) is 13.4. The van der Waals surface area contributed by atoms with Crippen molar-refractivity contribution in [3.63, 3.8) is 0 Å². The number of benzene rings is 1. The fourth-order valence-corrected chi connectivity index (χ4v) is 7.11. The van der Waals surface area contributed by atoms with Crippen molar-refractivity contribution in [1.29, 1.82) is 0 Å². The molecule has 1 aliphatic carbocycles. The molecule has 3 fully saturated rings. The number of anilines is 2. The highest BCUT2D eigenvalue weighted by Gasteiger charge is 2.53. The number of hydrogen-bond acceptors (Lipinski definition) is 5. The zero-order valence-corrected chi connectivity index (χ0v) is 22.0. The largest absolute Gasteiger partial charge is 0.369 e. The number of halogens is 4. The van der Waals surface area contributed by atoms with Gasteiger partial charge in [-0.25, -0.2) is 13.8 Å². The Hall–Kier alpha value is -1.64. The van der Waals surface area contributed by atoms with Crippen LogP contribution in [-0.2, 0) is 0 Å². The Morgan fingerprint density at radius 3 is 2.43 bits per heavy atom. The van der Waals surface area contributed by atoms with Crippen LogP contribution in [0, 0.1) is 28.4 Å². The number of nitrogens with zero attached hydrogens (tertiary/aromatic N) is 3. The van der Waals surface area contributed by atoms with Gasteiger partial charge in [0.2, 0.25) is 5.95 Å². The second kappa shape index (κ2) is 9.03. The van der Waals surface area contributed by atoms with Crippen LogP contribution in [0.1, 0.15) is 52.9 Å². The van der Waals surface area contributed by atoms with E-state index >= 15 is 4.39 Å². The summed E-state index contributed by atoms with van der Waals surface area (Å²) in [6, 6.07) is 5.48. The average Bonchev–Trinajstić information content (AvgIpc) is 3.11. The molecule has 1 aromatic heterocycles. The summed E-state index contributed by atoms with van der Waals surface area (Å²) >= 11 is 7.07. The lowest BCUT2D eigenvalue weighted by atomic mass is 9.63. The molecule has 2 aliphatic heterocycles. The molecule has 0 amide bonds. The van der Waals surface area contributed by atoms with Crippen LogP contribution in [0.2, 0.25) is 5.02 Å². The highest BCUT2D eigenvalue weighted by atomic mass is 35.5. The summed E-state index contributed by atoms with van der Waals surface area (Å²) in [5.41, 5.74) is 1.11. The van der Waals surface area contributed by atoms with Crippen LogP contribution in [-0.4, -0.2) is 41.6 Å². The van der Waals surface area contributed by atoms with Gasteiger partial charge in [0.15, 0.2) is 5.82 Å². The molecule has 0 atom stereocenters. The molecule has 1 N–H and O–H groups in total. The molecule has 190 valence electrons. The predicted octanol–water partition coefficient (Wildman–Crippen LogP) is 7.14. The van der Waals surface area contributed by atoms with Gasteiger partial charge in [0.05, 0.1) is 5.69 Å². The molecule has 3 aliphatic rings.